The monoisotopic (exact) mass is 421 g/mol. The molecule has 1 heterocycles. The maximum atomic E-state index is 13.9. The number of carboxylic acids is 1. The molecule has 0 fully saturated rings. The predicted octanol–water partition coefficient (Wildman–Crippen LogP) is 3.47. The molecule has 1 aliphatic carbocycles. The normalized spacial score (nSPS) is 17.3. The summed E-state index contributed by atoms with van der Waals surface area (Å²) in [5.41, 5.74) is 6.77. The van der Waals surface area contributed by atoms with E-state index in [4.69, 9.17) is 10.8 Å². The minimum atomic E-state index is -1.04. The molecule has 26 heavy (non-hydrogen) atoms. The molecule has 2 unspecified atom stereocenters. The zero-order valence-electron chi connectivity index (χ0n) is 13.6. The lowest BCUT2D eigenvalue weighted by Crippen LogP contribution is -2.32. The molecule has 0 saturated carbocycles. The molecule has 0 amide bonds. The van der Waals surface area contributed by atoms with Crippen molar-refractivity contribution in [1.82, 2.24) is 9.55 Å². The Labute approximate surface area is 163 Å². The molecule has 1 aromatic carbocycles. The van der Waals surface area contributed by atoms with Gasteiger partial charge in [0.1, 0.15) is 17.7 Å². The first-order chi connectivity index (χ1) is 12.0. The lowest BCUT2D eigenvalue weighted by molar-refractivity contribution is -0.137. The third-order valence-electron chi connectivity index (χ3n) is 4.16. The van der Waals surface area contributed by atoms with E-state index in [2.05, 4.69) is 4.98 Å². The predicted molar refractivity (Wildman–Crippen MR) is 101 cm³/mol. The van der Waals surface area contributed by atoms with Crippen LogP contribution in [0.3, 0.4) is 0 Å². The van der Waals surface area contributed by atoms with E-state index in [-0.39, 0.29) is 24.2 Å². The van der Waals surface area contributed by atoms with Crippen LogP contribution in [0.1, 0.15) is 23.6 Å². The molecule has 3 N–H and O–H groups in total. The molecule has 0 spiro atoms. The maximum Gasteiger partial charge on any atom is 0.321 e. The highest BCUT2D eigenvalue weighted by molar-refractivity contribution is 8.76. The number of carboxylic acid groups (broad SMARTS) is 1. The number of nitrogens with zero attached hydrogens (tertiary/aromatic N) is 2. The van der Waals surface area contributed by atoms with Gasteiger partial charge in [-0.15, -0.1) is 12.4 Å². The largest absolute Gasteiger partial charge is 0.480 e. The Kier molecular flexibility index (Phi) is 7.33. The number of halogens is 3. The first-order valence-corrected chi connectivity index (χ1v) is 10.0. The summed E-state index contributed by atoms with van der Waals surface area (Å²) in [5, 5.41) is 9.54. The van der Waals surface area contributed by atoms with Crippen LogP contribution in [0.25, 0.3) is 0 Å². The van der Waals surface area contributed by atoms with Crippen molar-refractivity contribution in [1.29, 1.82) is 0 Å². The van der Waals surface area contributed by atoms with E-state index in [9.17, 15) is 13.6 Å². The minimum absolute atomic E-state index is 0. The Hall–Kier alpha value is -1.29. The van der Waals surface area contributed by atoms with Crippen LogP contribution >= 0.6 is 34.0 Å². The van der Waals surface area contributed by atoms with Gasteiger partial charge in [-0.05, 0) is 47.2 Å². The van der Waals surface area contributed by atoms with Crippen molar-refractivity contribution in [3.05, 3.63) is 47.3 Å². The van der Waals surface area contributed by atoms with Gasteiger partial charge in [0.05, 0.1) is 0 Å². The van der Waals surface area contributed by atoms with E-state index in [0.717, 1.165) is 17.6 Å². The van der Waals surface area contributed by atoms with Crippen LogP contribution in [0.15, 0.2) is 29.7 Å². The van der Waals surface area contributed by atoms with E-state index >= 15 is 0 Å². The highest BCUT2D eigenvalue weighted by Crippen LogP contribution is 2.36. The van der Waals surface area contributed by atoms with Crippen molar-refractivity contribution >= 4 is 40.0 Å². The summed E-state index contributed by atoms with van der Waals surface area (Å²) in [7, 11) is 2.68. The zero-order chi connectivity index (χ0) is 18.0. The Morgan fingerprint density at radius 2 is 2.23 bits per heavy atom. The van der Waals surface area contributed by atoms with Crippen molar-refractivity contribution in [3.8, 4) is 0 Å². The number of benzene rings is 1. The molecule has 10 heteroatoms. The number of rotatable bonds is 6. The van der Waals surface area contributed by atoms with Gasteiger partial charge >= 0.3 is 5.97 Å². The van der Waals surface area contributed by atoms with Gasteiger partial charge in [0.15, 0.2) is 5.16 Å². The molecule has 3 rings (SSSR count). The van der Waals surface area contributed by atoms with Crippen molar-refractivity contribution in [2.75, 3.05) is 5.75 Å². The molecule has 0 bridgehead atoms. The van der Waals surface area contributed by atoms with E-state index in [1.807, 2.05) is 10.8 Å². The quantitative estimate of drug-likeness (QED) is 0.695. The molecular weight excluding hydrogens is 404 g/mol. The summed E-state index contributed by atoms with van der Waals surface area (Å²) in [4.78, 5) is 15.0. The smallest absolute Gasteiger partial charge is 0.321 e. The van der Waals surface area contributed by atoms with Crippen LogP contribution in [0.4, 0.5) is 8.78 Å². The SMILES string of the molecule is Cl.NC(CSSc1nccn1C1CCc2c(F)cc(F)cc2C1)C(=O)O. The van der Waals surface area contributed by atoms with Gasteiger partial charge in [0, 0.05) is 30.3 Å². The number of hydrogen-bond acceptors (Lipinski definition) is 5. The van der Waals surface area contributed by atoms with Gasteiger partial charge in [0.2, 0.25) is 0 Å². The van der Waals surface area contributed by atoms with Gasteiger partial charge in [-0.1, -0.05) is 10.8 Å². The molecule has 0 saturated heterocycles. The molecule has 142 valence electrons. The van der Waals surface area contributed by atoms with Crippen molar-refractivity contribution in [3.63, 3.8) is 0 Å². The lowest BCUT2D eigenvalue weighted by Gasteiger charge is -2.27. The molecule has 0 aliphatic heterocycles. The molecule has 2 atom stereocenters. The number of hydrogen-bond donors (Lipinski definition) is 2. The van der Waals surface area contributed by atoms with E-state index in [1.165, 1.54) is 27.7 Å². The number of nitrogens with two attached hydrogens (primary N) is 1. The summed E-state index contributed by atoms with van der Waals surface area (Å²) in [6, 6.07) is 1.47. The molecular formula is C16H18ClF2N3O2S2. The van der Waals surface area contributed by atoms with E-state index in [1.54, 1.807) is 6.20 Å². The van der Waals surface area contributed by atoms with Gasteiger partial charge in [-0.2, -0.15) is 0 Å². The second kappa shape index (κ2) is 9.07. The van der Waals surface area contributed by atoms with Crippen LogP contribution in [0, 0.1) is 11.6 Å². The first-order valence-electron chi connectivity index (χ1n) is 7.73. The number of aliphatic carboxylic acids is 1. The third kappa shape index (κ3) is 4.70. The molecule has 0 radical (unpaired) electrons. The number of fused-ring (bicyclic) bond motifs is 1. The molecule has 5 nitrogen and oxygen atoms in total. The number of carbonyl (C=O) groups is 1. The fourth-order valence-electron chi connectivity index (χ4n) is 2.90. The lowest BCUT2D eigenvalue weighted by atomic mass is 9.87. The van der Waals surface area contributed by atoms with E-state index < -0.39 is 23.6 Å². The van der Waals surface area contributed by atoms with Crippen molar-refractivity contribution < 1.29 is 18.7 Å². The average Bonchev–Trinajstić information content (AvgIpc) is 3.02. The van der Waals surface area contributed by atoms with Gasteiger partial charge in [-0.3, -0.25) is 4.79 Å². The zero-order valence-corrected chi connectivity index (χ0v) is 16.0. The summed E-state index contributed by atoms with van der Waals surface area (Å²) in [6.45, 7) is 0. The van der Waals surface area contributed by atoms with Gasteiger partial charge < -0.3 is 15.4 Å². The van der Waals surface area contributed by atoms with Crippen LogP contribution in [-0.2, 0) is 17.6 Å². The molecule has 2 aromatic rings. The number of aromatic nitrogens is 2. The minimum Gasteiger partial charge on any atom is -0.480 e. The Morgan fingerprint density at radius 3 is 2.96 bits per heavy atom. The van der Waals surface area contributed by atoms with Crippen LogP contribution < -0.4 is 5.73 Å². The fraction of sp³-hybridized carbons (Fsp3) is 0.375. The Bertz CT molecular complexity index is 791. The van der Waals surface area contributed by atoms with Crippen LogP contribution in [0.5, 0.6) is 0 Å². The highest BCUT2D eigenvalue weighted by Gasteiger charge is 2.25. The van der Waals surface area contributed by atoms with Crippen LogP contribution in [-0.4, -0.2) is 32.4 Å². The summed E-state index contributed by atoms with van der Waals surface area (Å²) >= 11 is 0. The maximum absolute atomic E-state index is 13.9. The number of imidazole rings is 1. The topological polar surface area (TPSA) is 81.1 Å². The Balaban J connectivity index is 0.00000243. The van der Waals surface area contributed by atoms with E-state index in [0.29, 0.717) is 24.0 Å². The second-order valence-electron chi connectivity index (χ2n) is 5.85. The van der Waals surface area contributed by atoms with Crippen molar-refractivity contribution in [2.24, 2.45) is 5.73 Å². The second-order valence-corrected chi connectivity index (χ2v) is 8.16. The summed E-state index contributed by atoms with van der Waals surface area (Å²) in [6.07, 6.45) is 5.32. The standard InChI is InChI=1S/C16H17F2N3O2S2.ClH/c17-10-5-9-6-11(1-2-12(9)13(18)7-10)21-4-3-20-16(21)25-24-8-14(19)15(22)23;/h3-5,7,11,14H,1-2,6,8,19H2,(H,22,23);1H. The van der Waals surface area contributed by atoms with Gasteiger partial charge in [-0.25, -0.2) is 13.8 Å². The fourth-order valence-corrected chi connectivity index (χ4v) is 5.11. The summed E-state index contributed by atoms with van der Waals surface area (Å²) in [5.74, 6) is -1.82. The first kappa shape index (κ1) is 21.0. The molecule has 1 aliphatic rings. The van der Waals surface area contributed by atoms with Gasteiger partial charge in [0.25, 0.3) is 0 Å². The average molecular weight is 422 g/mol. The Morgan fingerprint density at radius 1 is 1.46 bits per heavy atom. The molecule has 1 aromatic heterocycles. The summed E-state index contributed by atoms with van der Waals surface area (Å²) < 4.78 is 29.3. The highest BCUT2D eigenvalue weighted by atomic mass is 35.5. The van der Waals surface area contributed by atoms with Crippen molar-refractivity contribution in [2.45, 2.75) is 36.5 Å². The van der Waals surface area contributed by atoms with Crippen LogP contribution in [0.2, 0.25) is 0 Å². The third-order valence-corrected chi connectivity index (χ3v) is 6.45.